The molecule has 126 valence electrons. The molecule has 1 aromatic rings. The molecule has 0 radical (unpaired) electrons. The van der Waals surface area contributed by atoms with Gasteiger partial charge in [-0.1, -0.05) is 30.3 Å². The molecule has 4 heteroatoms. The van der Waals surface area contributed by atoms with Crippen molar-refractivity contribution >= 4 is 5.91 Å². The molecule has 1 spiro atoms. The van der Waals surface area contributed by atoms with Gasteiger partial charge in [0, 0.05) is 26.2 Å². The summed E-state index contributed by atoms with van der Waals surface area (Å²) in [6, 6.07) is 10.7. The van der Waals surface area contributed by atoms with E-state index in [2.05, 4.69) is 42.2 Å². The number of hydrogen-bond donors (Lipinski definition) is 0. The first-order valence-corrected chi connectivity index (χ1v) is 8.85. The quantitative estimate of drug-likeness (QED) is 0.859. The summed E-state index contributed by atoms with van der Waals surface area (Å²) in [4.78, 5) is 16.7. The first kappa shape index (κ1) is 16.5. The standard InChI is InChI=1S/C19H28N2O2/c1-3-21-15-19(23-16(2)18(21)22)10-7-12-20(13-11-19)14-17-8-5-4-6-9-17/h4-6,8-9,16H,3,7,10-15H2,1-2H3/t16-,19-/m1/s1. The minimum absolute atomic E-state index is 0.142. The summed E-state index contributed by atoms with van der Waals surface area (Å²) in [7, 11) is 0. The zero-order valence-electron chi connectivity index (χ0n) is 14.3. The number of morpholine rings is 1. The van der Waals surface area contributed by atoms with Crippen molar-refractivity contribution in [1.82, 2.24) is 9.80 Å². The van der Waals surface area contributed by atoms with E-state index in [9.17, 15) is 4.79 Å². The number of hydrogen-bond acceptors (Lipinski definition) is 3. The minimum Gasteiger partial charge on any atom is -0.360 e. The van der Waals surface area contributed by atoms with Crippen molar-refractivity contribution in [3.05, 3.63) is 35.9 Å². The van der Waals surface area contributed by atoms with E-state index in [4.69, 9.17) is 4.74 Å². The van der Waals surface area contributed by atoms with Crippen LogP contribution < -0.4 is 0 Å². The number of amides is 1. The van der Waals surface area contributed by atoms with Crippen LogP contribution >= 0.6 is 0 Å². The Labute approximate surface area is 139 Å². The molecular weight excluding hydrogens is 288 g/mol. The lowest BCUT2D eigenvalue weighted by Crippen LogP contribution is -2.58. The fourth-order valence-corrected chi connectivity index (χ4v) is 3.91. The Morgan fingerprint density at radius 3 is 2.74 bits per heavy atom. The van der Waals surface area contributed by atoms with Crippen LogP contribution in [0, 0.1) is 0 Å². The van der Waals surface area contributed by atoms with Gasteiger partial charge in [-0.2, -0.15) is 0 Å². The highest BCUT2D eigenvalue weighted by molar-refractivity contribution is 5.81. The Hall–Kier alpha value is -1.39. The molecule has 1 amide bonds. The highest BCUT2D eigenvalue weighted by Gasteiger charge is 2.43. The molecule has 2 fully saturated rings. The predicted octanol–water partition coefficient (Wildman–Crippen LogP) is 2.68. The number of benzene rings is 1. The molecule has 2 aliphatic rings. The van der Waals surface area contributed by atoms with Gasteiger partial charge in [0.15, 0.2) is 0 Å². The first-order valence-electron chi connectivity index (χ1n) is 8.85. The van der Waals surface area contributed by atoms with Gasteiger partial charge in [0.1, 0.15) is 6.10 Å². The van der Waals surface area contributed by atoms with Crippen molar-refractivity contribution < 1.29 is 9.53 Å². The maximum Gasteiger partial charge on any atom is 0.251 e. The second-order valence-corrected chi connectivity index (χ2v) is 6.91. The van der Waals surface area contributed by atoms with Crippen LogP contribution in [-0.4, -0.2) is 53.6 Å². The van der Waals surface area contributed by atoms with Crippen LogP contribution in [0.3, 0.4) is 0 Å². The molecule has 0 saturated carbocycles. The van der Waals surface area contributed by atoms with Gasteiger partial charge in [0.25, 0.3) is 5.91 Å². The van der Waals surface area contributed by atoms with E-state index < -0.39 is 0 Å². The number of rotatable bonds is 3. The SMILES string of the molecule is CCN1C[C@]2(CCCN(Cc3ccccc3)CC2)O[C@H](C)C1=O. The van der Waals surface area contributed by atoms with Crippen LogP contribution in [0.1, 0.15) is 38.7 Å². The first-order chi connectivity index (χ1) is 11.1. The van der Waals surface area contributed by atoms with Gasteiger partial charge in [0.2, 0.25) is 0 Å². The molecule has 3 rings (SSSR count). The summed E-state index contributed by atoms with van der Waals surface area (Å²) in [6.45, 7) is 8.64. The molecule has 2 aliphatic heterocycles. The molecule has 2 heterocycles. The van der Waals surface area contributed by atoms with E-state index in [-0.39, 0.29) is 17.6 Å². The van der Waals surface area contributed by atoms with Crippen molar-refractivity contribution in [2.75, 3.05) is 26.2 Å². The van der Waals surface area contributed by atoms with Crippen LogP contribution in [-0.2, 0) is 16.1 Å². The third kappa shape index (κ3) is 3.75. The van der Waals surface area contributed by atoms with Crippen LogP contribution in [0.25, 0.3) is 0 Å². The summed E-state index contributed by atoms with van der Waals surface area (Å²) in [5.41, 5.74) is 1.22. The number of likely N-dealkylation sites (tertiary alicyclic amines) is 1. The van der Waals surface area contributed by atoms with Gasteiger partial charge in [-0.15, -0.1) is 0 Å². The Kier molecular flexibility index (Phi) is 5.02. The summed E-state index contributed by atoms with van der Waals surface area (Å²) < 4.78 is 6.22. The van der Waals surface area contributed by atoms with Gasteiger partial charge in [-0.25, -0.2) is 0 Å². The normalized spacial score (nSPS) is 29.7. The van der Waals surface area contributed by atoms with Crippen molar-refractivity contribution in [2.45, 2.75) is 51.4 Å². The number of nitrogens with zero attached hydrogens (tertiary/aromatic N) is 2. The summed E-state index contributed by atoms with van der Waals surface area (Å²) in [6.07, 6.45) is 2.88. The van der Waals surface area contributed by atoms with Crippen LogP contribution in [0.4, 0.5) is 0 Å². The highest BCUT2D eigenvalue weighted by atomic mass is 16.5. The smallest absolute Gasteiger partial charge is 0.251 e. The van der Waals surface area contributed by atoms with Gasteiger partial charge >= 0.3 is 0 Å². The summed E-state index contributed by atoms with van der Waals surface area (Å²) in [5.74, 6) is 0.142. The average molecular weight is 316 g/mol. The Morgan fingerprint density at radius 2 is 2.00 bits per heavy atom. The molecule has 2 atom stereocenters. The number of ether oxygens (including phenoxy) is 1. The minimum atomic E-state index is -0.302. The van der Waals surface area contributed by atoms with Gasteiger partial charge < -0.3 is 9.64 Å². The van der Waals surface area contributed by atoms with Gasteiger partial charge in [-0.3, -0.25) is 9.69 Å². The molecular formula is C19H28N2O2. The largest absolute Gasteiger partial charge is 0.360 e. The van der Waals surface area contributed by atoms with Crippen molar-refractivity contribution in [3.8, 4) is 0 Å². The molecule has 0 unspecified atom stereocenters. The van der Waals surface area contributed by atoms with E-state index in [0.29, 0.717) is 0 Å². The van der Waals surface area contributed by atoms with E-state index in [1.807, 2.05) is 11.8 Å². The van der Waals surface area contributed by atoms with Crippen LogP contribution in [0.15, 0.2) is 30.3 Å². The summed E-state index contributed by atoms with van der Waals surface area (Å²) >= 11 is 0. The fourth-order valence-electron chi connectivity index (χ4n) is 3.91. The van der Waals surface area contributed by atoms with Crippen molar-refractivity contribution in [3.63, 3.8) is 0 Å². The topological polar surface area (TPSA) is 32.8 Å². The lowest BCUT2D eigenvalue weighted by Gasteiger charge is -2.44. The zero-order chi connectivity index (χ0) is 16.3. The lowest BCUT2D eigenvalue weighted by molar-refractivity contribution is -0.182. The van der Waals surface area contributed by atoms with Gasteiger partial charge in [0.05, 0.1) is 5.60 Å². The maximum atomic E-state index is 12.2. The van der Waals surface area contributed by atoms with Crippen LogP contribution in [0.2, 0.25) is 0 Å². The van der Waals surface area contributed by atoms with Crippen LogP contribution in [0.5, 0.6) is 0 Å². The molecule has 0 aromatic heterocycles. The van der Waals surface area contributed by atoms with Crippen molar-refractivity contribution in [1.29, 1.82) is 0 Å². The summed E-state index contributed by atoms with van der Waals surface area (Å²) in [5, 5.41) is 0. The molecule has 23 heavy (non-hydrogen) atoms. The average Bonchev–Trinajstić information content (AvgIpc) is 2.75. The fraction of sp³-hybridized carbons (Fsp3) is 0.632. The Morgan fingerprint density at radius 1 is 1.22 bits per heavy atom. The molecule has 4 nitrogen and oxygen atoms in total. The number of likely N-dealkylation sites (N-methyl/N-ethyl adjacent to an activating group) is 1. The third-order valence-corrected chi connectivity index (χ3v) is 5.19. The third-order valence-electron chi connectivity index (χ3n) is 5.19. The molecule has 0 aliphatic carbocycles. The lowest BCUT2D eigenvalue weighted by atomic mass is 9.91. The molecule has 1 aromatic carbocycles. The molecule has 0 N–H and O–H groups in total. The molecule has 0 bridgehead atoms. The number of carbonyl (C=O) groups is 1. The zero-order valence-corrected chi connectivity index (χ0v) is 14.3. The second-order valence-electron chi connectivity index (χ2n) is 6.91. The van der Waals surface area contributed by atoms with E-state index >= 15 is 0 Å². The molecule has 2 saturated heterocycles. The number of carbonyl (C=O) groups excluding carboxylic acids is 1. The van der Waals surface area contributed by atoms with Gasteiger partial charge in [-0.05, 0) is 45.2 Å². The van der Waals surface area contributed by atoms with E-state index in [1.54, 1.807) is 0 Å². The van der Waals surface area contributed by atoms with E-state index in [0.717, 1.165) is 52.0 Å². The Bertz CT molecular complexity index is 533. The van der Waals surface area contributed by atoms with E-state index in [1.165, 1.54) is 5.56 Å². The monoisotopic (exact) mass is 316 g/mol. The highest BCUT2D eigenvalue weighted by Crippen LogP contribution is 2.33. The predicted molar refractivity (Wildman–Crippen MR) is 91.1 cm³/mol. The second kappa shape index (κ2) is 7.02. The maximum absolute atomic E-state index is 12.2. The van der Waals surface area contributed by atoms with Crippen molar-refractivity contribution in [2.24, 2.45) is 0 Å². The Balaban J connectivity index is 1.64.